The number of nitrogen functional groups attached to an aromatic ring is 1. The van der Waals surface area contributed by atoms with Crippen LogP contribution in [0.15, 0.2) is 16.6 Å². The van der Waals surface area contributed by atoms with E-state index in [0.717, 1.165) is 35.4 Å². The van der Waals surface area contributed by atoms with Gasteiger partial charge in [0.25, 0.3) is 0 Å². The van der Waals surface area contributed by atoms with Gasteiger partial charge in [-0.15, -0.1) is 0 Å². The standard InChI is InChI=1S/C15H24BrNO/c1-4-6-7-8-18-15-13(16)9-12(10-14(15)17)11(3)5-2/h9-11H,4-8,17H2,1-3H3. The van der Waals surface area contributed by atoms with Crippen LogP contribution in [0.25, 0.3) is 0 Å². The lowest BCUT2D eigenvalue weighted by Crippen LogP contribution is -2.03. The van der Waals surface area contributed by atoms with Crippen LogP contribution in [0.3, 0.4) is 0 Å². The van der Waals surface area contributed by atoms with E-state index in [4.69, 9.17) is 10.5 Å². The molecule has 0 amide bonds. The van der Waals surface area contributed by atoms with Crippen molar-refractivity contribution >= 4 is 21.6 Å². The molecule has 102 valence electrons. The fourth-order valence-electron chi connectivity index (χ4n) is 1.84. The van der Waals surface area contributed by atoms with Crippen molar-refractivity contribution in [2.75, 3.05) is 12.3 Å². The monoisotopic (exact) mass is 313 g/mol. The van der Waals surface area contributed by atoms with Crippen molar-refractivity contribution < 1.29 is 4.74 Å². The summed E-state index contributed by atoms with van der Waals surface area (Å²) in [6.07, 6.45) is 4.59. The van der Waals surface area contributed by atoms with Gasteiger partial charge >= 0.3 is 0 Å². The molecule has 0 aliphatic rings. The van der Waals surface area contributed by atoms with Crippen LogP contribution in [0.1, 0.15) is 57.9 Å². The first kappa shape index (κ1) is 15.4. The first-order valence-corrected chi connectivity index (χ1v) is 7.61. The Balaban J connectivity index is 2.75. The van der Waals surface area contributed by atoms with Gasteiger partial charge in [0, 0.05) is 0 Å². The number of nitrogens with two attached hydrogens (primary N) is 1. The topological polar surface area (TPSA) is 35.2 Å². The zero-order valence-electron chi connectivity index (χ0n) is 11.6. The molecule has 0 bridgehead atoms. The second kappa shape index (κ2) is 7.67. The van der Waals surface area contributed by atoms with Crippen LogP contribution < -0.4 is 10.5 Å². The molecule has 1 aromatic carbocycles. The Morgan fingerprint density at radius 3 is 2.56 bits per heavy atom. The molecule has 3 heteroatoms. The van der Waals surface area contributed by atoms with E-state index >= 15 is 0 Å². The Hall–Kier alpha value is -0.700. The van der Waals surface area contributed by atoms with Crippen molar-refractivity contribution in [2.24, 2.45) is 0 Å². The second-order valence-electron chi connectivity index (χ2n) is 4.79. The highest BCUT2D eigenvalue weighted by Crippen LogP contribution is 2.35. The minimum Gasteiger partial charge on any atom is -0.490 e. The lowest BCUT2D eigenvalue weighted by molar-refractivity contribution is 0.306. The normalized spacial score (nSPS) is 12.4. The number of unbranched alkanes of at least 4 members (excludes halogenated alkanes) is 2. The van der Waals surface area contributed by atoms with Crippen molar-refractivity contribution in [1.29, 1.82) is 0 Å². The maximum atomic E-state index is 6.07. The van der Waals surface area contributed by atoms with Gasteiger partial charge in [-0.05, 0) is 52.4 Å². The van der Waals surface area contributed by atoms with Gasteiger partial charge in [-0.25, -0.2) is 0 Å². The Kier molecular flexibility index (Phi) is 6.55. The first-order chi connectivity index (χ1) is 8.60. The second-order valence-corrected chi connectivity index (χ2v) is 5.64. The minimum absolute atomic E-state index is 0.526. The first-order valence-electron chi connectivity index (χ1n) is 6.81. The Labute approximate surface area is 119 Å². The maximum absolute atomic E-state index is 6.07. The van der Waals surface area contributed by atoms with Crippen LogP contribution in [-0.4, -0.2) is 6.61 Å². The average Bonchev–Trinajstić information content (AvgIpc) is 2.35. The highest BCUT2D eigenvalue weighted by molar-refractivity contribution is 9.10. The molecule has 18 heavy (non-hydrogen) atoms. The molecule has 0 saturated heterocycles. The van der Waals surface area contributed by atoms with Gasteiger partial charge in [0.1, 0.15) is 0 Å². The van der Waals surface area contributed by atoms with Crippen LogP contribution in [0.4, 0.5) is 5.69 Å². The van der Waals surface area contributed by atoms with Crippen LogP contribution in [0.5, 0.6) is 5.75 Å². The lowest BCUT2D eigenvalue weighted by Gasteiger charge is -2.15. The van der Waals surface area contributed by atoms with Crippen molar-refractivity contribution in [2.45, 2.75) is 52.4 Å². The molecular weight excluding hydrogens is 290 g/mol. The van der Waals surface area contributed by atoms with Gasteiger partial charge in [-0.1, -0.05) is 33.6 Å². The summed E-state index contributed by atoms with van der Waals surface area (Å²) in [7, 11) is 0. The molecular formula is C15H24BrNO. The molecule has 0 saturated carbocycles. The summed E-state index contributed by atoms with van der Waals surface area (Å²) in [5.74, 6) is 1.32. The van der Waals surface area contributed by atoms with Crippen molar-refractivity contribution in [1.82, 2.24) is 0 Å². The summed E-state index contributed by atoms with van der Waals surface area (Å²) in [5.41, 5.74) is 8.07. The van der Waals surface area contributed by atoms with E-state index in [1.54, 1.807) is 0 Å². The summed E-state index contributed by atoms with van der Waals surface area (Å²) in [6.45, 7) is 7.32. The summed E-state index contributed by atoms with van der Waals surface area (Å²) in [6, 6.07) is 4.16. The van der Waals surface area contributed by atoms with E-state index in [9.17, 15) is 0 Å². The fraction of sp³-hybridized carbons (Fsp3) is 0.600. The number of ether oxygens (including phenoxy) is 1. The van der Waals surface area contributed by atoms with E-state index in [1.165, 1.54) is 18.4 Å². The van der Waals surface area contributed by atoms with Crippen molar-refractivity contribution in [3.63, 3.8) is 0 Å². The van der Waals surface area contributed by atoms with Crippen LogP contribution >= 0.6 is 15.9 Å². The molecule has 0 aliphatic heterocycles. The van der Waals surface area contributed by atoms with Crippen LogP contribution in [0.2, 0.25) is 0 Å². The zero-order chi connectivity index (χ0) is 13.5. The third kappa shape index (κ3) is 4.20. The maximum Gasteiger partial charge on any atom is 0.156 e. The lowest BCUT2D eigenvalue weighted by atomic mass is 9.98. The molecule has 0 aliphatic carbocycles. The van der Waals surface area contributed by atoms with Crippen molar-refractivity contribution in [3.8, 4) is 5.75 Å². The third-order valence-electron chi connectivity index (χ3n) is 3.27. The summed E-state index contributed by atoms with van der Waals surface area (Å²) in [5, 5.41) is 0. The molecule has 1 atom stereocenters. The smallest absolute Gasteiger partial charge is 0.156 e. The molecule has 0 aromatic heterocycles. The number of rotatable bonds is 7. The predicted octanol–water partition coefficient (Wildman–Crippen LogP) is 5.11. The van der Waals surface area contributed by atoms with E-state index in [-0.39, 0.29) is 0 Å². The Morgan fingerprint density at radius 1 is 1.28 bits per heavy atom. The SMILES string of the molecule is CCCCCOc1c(N)cc(C(C)CC)cc1Br. The number of halogens is 1. The van der Waals surface area contributed by atoms with Gasteiger partial charge in [0.2, 0.25) is 0 Å². The zero-order valence-corrected chi connectivity index (χ0v) is 13.2. The van der Waals surface area contributed by atoms with Crippen molar-refractivity contribution in [3.05, 3.63) is 22.2 Å². The summed E-state index contributed by atoms with van der Waals surface area (Å²) < 4.78 is 6.73. The third-order valence-corrected chi connectivity index (χ3v) is 3.86. The molecule has 1 rings (SSSR count). The Morgan fingerprint density at radius 2 is 2.00 bits per heavy atom. The number of hydrogen-bond acceptors (Lipinski definition) is 2. The van der Waals surface area contributed by atoms with Gasteiger partial charge in [0.05, 0.1) is 16.8 Å². The molecule has 0 radical (unpaired) electrons. The predicted molar refractivity (Wildman–Crippen MR) is 82.3 cm³/mol. The quantitative estimate of drug-likeness (QED) is 0.560. The molecule has 0 heterocycles. The molecule has 1 unspecified atom stereocenters. The van der Waals surface area contributed by atoms with Crippen LogP contribution in [0, 0.1) is 0 Å². The van der Waals surface area contributed by atoms with E-state index in [1.807, 2.05) is 6.07 Å². The average molecular weight is 314 g/mol. The van der Waals surface area contributed by atoms with E-state index < -0.39 is 0 Å². The highest BCUT2D eigenvalue weighted by atomic mass is 79.9. The Bertz CT molecular complexity index is 356. The minimum atomic E-state index is 0.526. The van der Waals surface area contributed by atoms with Gasteiger partial charge < -0.3 is 10.5 Å². The summed E-state index contributed by atoms with van der Waals surface area (Å²) >= 11 is 3.56. The molecule has 0 fully saturated rings. The number of hydrogen-bond donors (Lipinski definition) is 1. The number of anilines is 1. The highest BCUT2D eigenvalue weighted by Gasteiger charge is 2.11. The van der Waals surface area contributed by atoms with Gasteiger partial charge in [-0.2, -0.15) is 0 Å². The molecule has 0 spiro atoms. The fourth-order valence-corrected chi connectivity index (χ4v) is 2.44. The molecule has 2 N–H and O–H groups in total. The van der Waals surface area contributed by atoms with Crippen LogP contribution in [-0.2, 0) is 0 Å². The molecule has 2 nitrogen and oxygen atoms in total. The van der Waals surface area contributed by atoms with E-state index in [0.29, 0.717) is 5.92 Å². The largest absolute Gasteiger partial charge is 0.490 e. The molecule has 1 aromatic rings. The number of benzene rings is 1. The van der Waals surface area contributed by atoms with Gasteiger partial charge in [0.15, 0.2) is 5.75 Å². The summed E-state index contributed by atoms with van der Waals surface area (Å²) in [4.78, 5) is 0. The van der Waals surface area contributed by atoms with E-state index in [2.05, 4.69) is 42.8 Å². The van der Waals surface area contributed by atoms with Gasteiger partial charge in [-0.3, -0.25) is 0 Å².